The molecule has 0 fully saturated rings. The van der Waals surface area contributed by atoms with Crippen LogP contribution in [0.25, 0.3) is 0 Å². The molecule has 2 rings (SSSR count). The normalized spacial score (nSPS) is 10.1. The van der Waals surface area contributed by atoms with Crippen LogP contribution in [-0.2, 0) is 0 Å². The van der Waals surface area contributed by atoms with Crippen LogP contribution in [0.4, 0.5) is 5.69 Å². The SMILES string of the molecule is O=C(Nc1ccccc1Br)c1cc(S)cs1. The lowest BCUT2D eigenvalue weighted by Gasteiger charge is -2.05. The molecule has 1 heterocycles. The minimum atomic E-state index is -0.114. The van der Waals surface area contributed by atoms with E-state index in [0.717, 1.165) is 15.1 Å². The first kappa shape index (κ1) is 11.7. The van der Waals surface area contributed by atoms with E-state index in [0.29, 0.717) is 4.88 Å². The summed E-state index contributed by atoms with van der Waals surface area (Å²) in [5, 5.41) is 4.66. The molecule has 1 aromatic carbocycles. The maximum Gasteiger partial charge on any atom is 0.265 e. The van der Waals surface area contributed by atoms with Gasteiger partial charge in [0.25, 0.3) is 5.91 Å². The quantitative estimate of drug-likeness (QED) is 0.805. The number of rotatable bonds is 2. The van der Waals surface area contributed by atoms with Gasteiger partial charge in [0.05, 0.1) is 10.6 Å². The molecule has 0 bridgehead atoms. The van der Waals surface area contributed by atoms with Crippen molar-refractivity contribution in [2.75, 3.05) is 5.32 Å². The van der Waals surface area contributed by atoms with E-state index in [1.54, 1.807) is 6.07 Å². The third kappa shape index (κ3) is 2.66. The Hall–Kier alpha value is -0.780. The molecular formula is C11H8BrNOS2. The van der Waals surface area contributed by atoms with Crippen molar-refractivity contribution in [3.05, 3.63) is 45.1 Å². The lowest BCUT2D eigenvalue weighted by molar-refractivity contribution is 0.103. The summed E-state index contributed by atoms with van der Waals surface area (Å²) in [5.74, 6) is -0.114. The average molecular weight is 314 g/mol. The molecule has 0 saturated carbocycles. The number of para-hydroxylation sites is 1. The molecule has 0 aliphatic rings. The highest BCUT2D eigenvalue weighted by Gasteiger charge is 2.09. The number of anilines is 1. The van der Waals surface area contributed by atoms with E-state index >= 15 is 0 Å². The molecule has 16 heavy (non-hydrogen) atoms. The molecule has 0 unspecified atom stereocenters. The van der Waals surface area contributed by atoms with Gasteiger partial charge < -0.3 is 5.32 Å². The predicted octanol–water partition coefficient (Wildman–Crippen LogP) is 4.05. The van der Waals surface area contributed by atoms with Crippen molar-refractivity contribution >= 4 is 51.5 Å². The second-order valence-electron chi connectivity index (χ2n) is 3.10. The Morgan fingerprint density at radius 2 is 2.12 bits per heavy atom. The summed E-state index contributed by atoms with van der Waals surface area (Å²) in [6, 6.07) is 9.25. The molecule has 0 spiro atoms. The van der Waals surface area contributed by atoms with Crippen LogP contribution in [0.15, 0.2) is 45.1 Å². The zero-order valence-electron chi connectivity index (χ0n) is 8.11. The Morgan fingerprint density at radius 3 is 2.75 bits per heavy atom. The maximum atomic E-state index is 11.8. The van der Waals surface area contributed by atoms with Gasteiger partial charge in [-0.15, -0.1) is 24.0 Å². The topological polar surface area (TPSA) is 29.1 Å². The lowest BCUT2D eigenvalue weighted by Crippen LogP contribution is -2.10. The Bertz CT molecular complexity index is 524. The highest BCUT2D eigenvalue weighted by molar-refractivity contribution is 9.10. The Kier molecular flexibility index (Phi) is 3.68. The number of hydrogen-bond acceptors (Lipinski definition) is 3. The first-order valence-corrected chi connectivity index (χ1v) is 6.62. The number of thiophene rings is 1. The van der Waals surface area contributed by atoms with E-state index in [1.807, 2.05) is 29.6 Å². The molecule has 0 radical (unpaired) electrons. The van der Waals surface area contributed by atoms with Crippen molar-refractivity contribution in [3.8, 4) is 0 Å². The number of halogens is 1. The van der Waals surface area contributed by atoms with E-state index in [4.69, 9.17) is 0 Å². The van der Waals surface area contributed by atoms with Gasteiger partial charge in [-0.1, -0.05) is 12.1 Å². The number of nitrogens with one attached hydrogen (secondary N) is 1. The van der Waals surface area contributed by atoms with Gasteiger partial charge in [-0.05, 0) is 34.1 Å². The smallest absolute Gasteiger partial charge is 0.265 e. The summed E-state index contributed by atoms with van der Waals surface area (Å²) in [7, 11) is 0. The summed E-state index contributed by atoms with van der Waals surface area (Å²) >= 11 is 8.92. The van der Waals surface area contributed by atoms with Crippen molar-refractivity contribution in [2.24, 2.45) is 0 Å². The largest absolute Gasteiger partial charge is 0.320 e. The van der Waals surface area contributed by atoms with Crippen molar-refractivity contribution in [1.82, 2.24) is 0 Å². The van der Waals surface area contributed by atoms with Gasteiger partial charge in [-0.25, -0.2) is 0 Å². The van der Waals surface area contributed by atoms with Crippen molar-refractivity contribution in [2.45, 2.75) is 4.90 Å². The van der Waals surface area contributed by atoms with Gasteiger partial charge in [0.15, 0.2) is 0 Å². The van der Waals surface area contributed by atoms with Crippen LogP contribution in [0, 0.1) is 0 Å². The molecule has 1 N–H and O–H groups in total. The highest BCUT2D eigenvalue weighted by Crippen LogP contribution is 2.23. The third-order valence-corrected chi connectivity index (χ3v) is 3.98. The summed E-state index contributed by atoms with van der Waals surface area (Å²) in [5.41, 5.74) is 0.765. The fraction of sp³-hybridized carbons (Fsp3) is 0. The zero-order chi connectivity index (χ0) is 11.5. The van der Waals surface area contributed by atoms with Crippen LogP contribution in [0.1, 0.15) is 9.67 Å². The van der Waals surface area contributed by atoms with Gasteiger partial charge >= 0.3 is 0 Å². The van der Waals surface area contributed by atoms with Gasteiger partial charge in [0, 0.05) is 14.7 Å². The zero-order valence-corrected chi connectivity index (χ0v) is 11.4. The number of benzene rings is 1. The van der Waals surface area contributed by atoms with Crippen LogP contribution >= 0.6 is 39.9 Å². The second-order valence-corrected chi connectivity index (χ2v) is 5.39. The summed E-state index contributed by atoms with van der Waals surface area (Å²) < 4.78 is 0.867. The summed E-state index contributed by atoms with van der Waals surface area (Å²) in [6.45, 7) is 0. The molecule has 1 aromatic heterocycles. The lowest BCUT2D eigenvalue weighted by atomic mass is 10.3. The van der Waals surface area contributed by atoms with E-state index in [-0.39, 0.29) is 5.91 Å². The monoisotopic (exact) mass is 313 g/mol. The molecule has 2 nitrogen and oxygen atoms in total. The van der Waals surface area contributed by atoms with Gasteiger partial charge in [-0.3, -0.25) is 4.79 Å². The van der Waals surface area contributed by atoms with E-state index in [1.165, 1.54) is 11.3 Å². The van der Waals surface area contributed by atoms with E-state index in [2.05, 4.69) is 33.9 Å². The average Bonchev–Trinajstić information content (AvgIpc) is 2.68. The van der Waals surface area contributed by atoms with Gasteiger partial charge in [0.1, 0.15) is 0 Å². The number of amides is 1. The third-order valence-electron chi connectivity index (χ3n) is 1.93. The van der Waals surface area contributed by atoms with Crippen LogP contribution < -0.4 is 5.32 Å². The number of carbonyl (C=O) groups excluding carboxylic acids is 1. The maximum absolute atomic E-state index is 11.8. The molecule has 5 heteroatoms. The van der Waals surface area contributed by atoms with Crippen LogP contribution in [0.5, 0.6) is 0 Å². The van der Waals surface area contributed by atoms with Crippen molar-refractivity contribution < 1.29 is 4.79 Å². The first-order chi connectivity index (χ1) is 7.66. The predicted molar refractivity (Wildman–Crippen MR) is 73.7 cm³/mol. The number of carbonyl (C=O) groups is 1. The molecule has 0 atom stereocenters. The minimum Gasteiger partial charge on any atom is -0.320 e. The van der Waals surface area contributed by atoms with E-state index in [9.17, 15) is 4.79 Å². The standard InChI is InChI=1S/C11H8BrNOS2/c12-8-3-1-2-4-9(8)13-11(14)10-5-7(15)6-16-10/h1-6,15H,(H,13,14). The molecule has 0 aliphatic carbocycles. The van der Waals surface area contributed by atoms with Gasteiger partial charge in [-0.2, -0.15) is 0 Å². The molecule has 0 aliphatic heterocycles. The molecular weight excluding hydrogens is 306 g/mol. The van der Waals surface area contributed by atoms with Crippen LogP contribution in [0.2, 0.25) is 0 Å². The molecule has 82 valence electrons. The molecule has 1 amide bonds. The van der Waals surface area contributed by atoms with Gasteiger partial charge in [0.2, 0.25) is 0 Å². The van der Waals surface area contributed by atoms with Crippen LogP contribution in [-0.4, -0.2) is 5.91 Å². The Morgan fingerprint density at radius 1 is 1.38 bits per heavy atom. The van der Waals surface area contributed by atoms with Crippen molar-refractivity contribution in [1.29, 1.82) is 0 Å². The number of hydrogen-bond donors (Lipinski definition) is 2. The minimum absolute atomic E-state index is 0.114. The summed E-state index contributed by atoms with van der Waals surface area (Å²) in [4.78, 5) is 13.3. The first-order valence-electron chi connectivity index (χ1n) is 4.50. The fourth-order valence-corrected chi connectivity index (χ4v) is 2.62. The van der Waals surface area contributed by atoms with E-state index < -0.39 is 0 Å². The molecule has 0 saturated heterocycles. The van der Waals surface area contributed by atoms with Crippen molar-refractivity contribution in [3.63, 3.8) is 0 Å². The molecule has 2 aromatic rings. The highest BCUT2D eigenvalue weighted by atomic mass is 79.9. The van der Waals surface area contributed by atoms with Crippen LogP contribution in [0.3, 0.4) is 0 Å². The Labute approximate surface area is 111 Å². The second kappa shape index (κ2) is 5.03. The Balaban J connectivity index is 2.17. The fourth-order valence-electron chi connectivity index (χ4n) is 1.19. The number of thiol groups is 1. The summed E-state index contributed by atoms with van der Waals surface area (Å²) in [6.07, 6.45) is 0.